The van der Waals surface area contributed by atoms with E-state index in [0.29, 0.717) is 18.9 Å². The molecule has 0 aromatic carbocycles. The van der Waals surface area contributed by atoms with Crippen molar-refractivity contribution in [2.24, 2.45) is 0 Å². The molecule has 24 heavy (non-hydrogen) atoms. The van der Waals surface area contributed by atoms with E-state index in [0.717, 1.165) is 36.6 Å². The molecule has 1 aliphatic rings. The number of amides is 1. The first kappa shape index (κ1) is 16.8. The quantitative estimate of drug-likeness (QED) is 0.853. The molecule has 1 amide bonds. The average Bonchev–Trinajstić information content (AvgIpc) is 3.14. The van der Waals surface area contributed by atoms with E-state index in [1.807, 2.05) is 29.6 Å². The lowest BCUT2D eigenvalue weighted by molar-refractivity contribution is 0.0693. The summed E-state index contributed by atoms with van der Waals surface area (Å²) in [7, 11) is 1.96. The largest absolute Gasteiger partial charge is 0.381 e. The second-order valence-electron chi connectivity index (χ2n) is 5.73. The molecular weight excluding hydrogens is 326 g/mol. The van der Waals surface area contributed by atoms with Gasteiger partial charge in [-0.2, -0.15) is 0 Å². The third-order valence-corrected chi connectivity index (χ3v) is 4.81. The number of likely N-dealkylation sites (N-methyl/N-ethyl adjacent to an activating group) is 1. The maximum Gasteiger partial charge on any atom is 0.272 e. The molecule has 2 aromatic heterocycles. The molecule has 0 aliphatic carbocycles. The lowest BCUT2D eigenvalue weighted by atomic mass is 10.1. The van der Waals surface area contributed by atoms with Crippen molar-refractivity contribution in [2.45, 2.75) is 25.3 Å². The van der Waals surface area contributed by atoms with Crippen LogP contribution in [0.3, 0.4) is 0 Å². The van der Waals surface area contributed by atoms with Crippen LogP contribution in [0.15, 0.2) is 23.7 Å². The second kappa shape index (κ2) is 8.16. The molecular formula is C16H21N5O2S. The van der Waals surface area contributed by atoms with Crippen LogP contribution in [0.4, 0.5) is 5.82 Å². The first-order chi connectivity index (χ1) is 11.7. The minimum Gasteiger partial charge on any atom is -0.381 e. The fourth-order valence-corrected chi connectivity index (χ4v) is 3.12. The summed E-state index contributed by atoms with van der Waals surface area (Å²) in [6, 6.07) is 3.71. The number of carbonyl (C=O) groups excluding carboxylic acids is 1. The monoisotopic (exact) mass is 347 g/mol. The number of nitrogens with one attached hydrogen (secondary N) is 1. The zero-order valence-corrected chi connectivity index (χ0v) is 14.5. The van der Waals surface area contributed by atoms with Crippen molar-refractivity contribution in [3.63, 3.8) is 0 Å². The van der Waals surface area contributed by atoms with E-state index >= 15 is 0 Å². The van der Waals surface area contributed by atoms with E-state index < -0.39 is 0 Å². The smallest absolute Gasteiger partial charge is 0.272 e. The number of thiazole rings is 1. The number of ether oxygens (including phenoxy) is 1. The number of hydrogen-bond acceptors (Lipinski definition) is 7. The van der Waals surface area contributed by atoms with Crippen LogP contribution in [0.5, 0.6) is 0 Å². The normalized spacial score (nSPS) is 15.2. The van der Waals surface area contributed by atoms with E-state index in [-0.39, 0.29) is 11.9 Å². The molecule has 1 fully saturated rings. The molecule has 2 aromatic rings. The van der Waals surface area contributed by atoms with Gasteiger partial charge in [0.1, 0.15) is 0 Å². The molecule has 3 heterocycles. The highest BCUT2D eigenvalue weighted by Gasteiger charge is 2.18. The Kier molecular flexibility index (Phi) is 5.71. The Balaban J connectivity index is 1.52. The Bertz CT molecular complexity index is 641. The second-order valence-corrected chi connectivity index (χ2v) is 6.71. The fraction of sp³-hybridized carbons (Fsp3) is 0.500. The molecule has 1 N–H and O–H groups in total. The highest BCUT2D eigenvalue weighted by Crippen LogP contribution is 2.11. The summed E-state index contributed by atoms with van der Waals surface area (Å²) in [5.74, 6) is 0.570. The summed E-state index contributed by atoms with van der Waals surface area (Å²) < 4.78 is 5.29. The number of nitrogens with zero attached hydrogens (tertiary/aromatic N) is 4. The molecule has 0 radical (unpaired) electrons. The maximum atomic E-state index is 12.2. The van der Waals surface area contributed by atoms with Crippen molar-refractivity contribution in [3.05, 3.63) is 34.4 Å². The summed E-state index contributed by atoms with van der Waals surface area (Å²) in [4.78, 5) is 18.5. The van der Waals surface area contributed by atoms with Gasteiger partial charge in [-0.1, -0.05) is 0 Å². The van der Waals surface area contributed by atoms with Gasteiger partial charge in [0.05, 0.1) is 5.01 Å². The molecule has 0 bridgehead atoms. The molecule has 0 unspecified atom stereocenters. The third kappa shape index (κ3) is 4.48. The van der Waals surface area contributed by atoms with Gasteiger partial charge >= 0.3 is 0 Å². The minimum atomic E-state index is -0.175. The summed E-state index contributed by atoms with van der Waals surface area (Å²) >= 11 is 1.65. The van der Waals surface area contributed by atoms with Crippen LogP contribution in [0.1, 0.15) is 28.3 Å². The summed E-state index contributed by atoms with van der Waals surface area (Å²) in [5.41, 5.74) is 0.346. The van der Waals surface area contributed by atoms with Crippen LogP contribution < -0.4 is 10.2 Å². The van der Waals surface area contributed by atoms with Crippen molar-refractivity contribution >= 4 is 23.1 Å². The Hall–Kier alpha value is -2.06. The van der Waals surface area contributed by atoms with Gasteiger partial charge in [-0.05, 0) is 25.0 Å². The third-order valence-electron chi connectivity index (χ3n) is 3.98. The van der Waals surface area contributed by atoms with Crippen LogP contribution in [0.25, 0.3) is 0 Å². The van der Waals surface area contributed by atoms with Crippen LogP contribution >= 0.6 is 11.3 Å². The van der Waals surface area contributed by atoms with Crippen molar-refractivity contribution in [3.8, 4) is 0 Å². The zero-order valence-electron chi connectivity index (χ0n) is 13.6. The predicted octanol–water partition coefficient (Wildman–Crippen LogP) is 1.52. The topological polar surface area (TPSA) is 80.2 Å². The van der Waals surface area contributed by atoms with Crippen molar-refractivity contribution in [1.29, 1.82) is 0 Å². The lowest BCUT2D eigenvalue weighted by Gasteiger charge is -2.23. The maximum absolute atomic E-state index is 12.2. The zero-order chi connectivity index (χ0) is 16.8. The molecule has 128 valence electrons. The molecule has 0 atom stereocenters. The molecule has 0 spiro atoms. The summed E-state index contributed by atoms with van der Waals surface area (Å²) in [5, 5.41) is 14.3. The van der Waals surface area contributed by atoms with Gasteiger partial charge < -0.3 is 15.0 Å². The number of anilines is 1. The van der Waals surface area contributed by atoms with Crippen LogP contribution in [-0.2, 0) is 11.2 Å². The van der Waals surface area contributed by atoms with Crippen molar-refractivity contribution < 1.29 is 9.53 Å². The molecule has 8 heteroatoms. The fourth-order valence-electron chi connectivity index (χ4n) is 2.51. The van der Waals surface area contributed by atoms with E-state index in [2.05, 4.69) is 20.5 Å². The van der Waals surface area contributed by atoms with Gasteiger partial charge in [0.15, 0.2) is 11.5 Å². The van der Waals surface area contributed by atoms with Gasteiger partial charge in [-0.25, -0.2) is 4.98 Å². The van der Waals surface area contributed by atoms with E-state index in [1.54, 1.807) is 17.4 Å². The summed E-state index contributed by atoms with van der Waals surface area (Å²) in [6.07, 6.45) is 4.36. The van der Waals surface area contributed by atoms with Gasteiger partial charge in [-0.3, -0.25) is 4.79 Å². The Morgan fingerprint density at radius 3 is 2.88 bits per heavy atom. The van der Waals surface area contributed by atoms with E-state index in [1.165, 1.54) is 0 Å². The van der Waals surface area contributed by atoms with Crippen molar-refractivity contribution in [2.75, 3.05) is 31.7 Å². The van der Waals surface area contributed by atoms with Gasteiger partial charge in [-0.15, -0.1) is 21.5 Å². The molecule has 1 aliphatic heterocycles. The average molecular weight is 347 g/mol. The molecule has 7 nitrogen and oxygen atoms in total. The minimum absolute atomic E-state index is 0.161. The molecule has 0 saturated carbocycles. The first-order valence-electron chi connectivity index (χ1n) is 8.04. The van der Waals surface area contributed by atoms with Crippen LogP contribution in [0.2, 0.25) is 0 Å². The highest BCUT2D eigenvalue weighted by molar-refractivity contribution is 7.09. The number of rotatable bonds is 6. The number of hydrogen-bond donors (Lipinski definition) is 1. The van der Waals surface area contributed by atoms with Crippen LogP contribution in [-0.4, -0.2) is 53.9 Å². The van der Waals surface area contributed by atoms with Crippen LogP contribution in [0, 0.1) is 0 Å². The molecule has 3 rings (SSSR count). The van der Waals surface area contributed by atoms with Gasteiger partial charge in [0.2, 0.25) is 0 Å². The van der Waals surface area contributed by atoms with E-state index in [9.17, 15) is 4.79 Å². The SMILES string of the molecule is CN(CCc1nccs1)c1ccc(C(=O)NC2CCOCC2)nn1. The Morgan fingerprint density at radius 2 is 2.21 bits per heavy atom. The Morgan fingerprint density at radius 1 is 1.38 bits per heavy atom. The first-order valence-corrected chi connectivity index (χ1v) is 8.92. The lowest BCUT2D eigenvalue weighted by Crippen LogP contribution is -2.39. The molecule has 1 saturated heterocycles. The number of carbonyl (C=O) groups is 1. The Labute approximate surface area is 145 Å². The standard InChI is InChI=1S/C16H21N5O2S/c1-21(8-4-15-17-7-11-24-15)14-3-2-13(19-20-14)16(22)18-12-5-9-23-10-6-12/h2-3,7,11-12H,4-6,8-10H2,1H3,(H,18,22). The predicted molar refractivity (Wildman–Crippen MR) is 92.4 cm³/mol. The highest BCUT2D eigenvalue weighted by atomic mass is 32.1. The number of aromatic nitrogens is 3. The van der Waals surface area contributed by atoms with Crippen molar-refractivity contribution in [1.82, 2.24) is 20.5 Å². The van der Waals surface area contributed by atoms with Gasteiger partial charge in [0.25, 0.3) is 5.91 Å². The van der Waals surface area contributed by atoms with Gasteiger partial charge in [0, 0.05) is 50.8 Å². The van der Waals surface area contributed by atoms with E-state index in [4.69, 9.17) is 4.74 Å². The summed E-state index contributed by atoms with van der Waals surface area (Å²) in [6.45, 7) is 2.19.